The number of halogens is 1. The van der Waals surface area contributed by atoms with Gasteiger partial charge in [-0.3, -0.25) is 0 Å². The third-order valence-corrected chi connectivity index (χ3v) is 3.80. The quantitative estimate of drug-likeness (QED) is 0.871. The molecule has 0 radical (unpaired) electrons. The molecule has 0 aliphatic heterocycles. The summed E-state index contributed by atoms with van der Waals surface area (Å²) in [7, 11) is 1.99. The van der Waals surface area contributed by atoms with Crippen molar-refractivity contribution in [3.05, 3.63) is 58.2 Å². The summed E-state index contributed by atoms with van der Waals surface area (Å²) in [4.78, 5) is 6.79. The Morgan fingerprint density at radius 3 is 2.79 bits per heavy atom. The van der Waals surface area contributed by atoms with Crippen molar-refractivity contribution in [2.45, 2.75) is 6.54 Å². The van der Waals surface area contributed by atoms with Crippen LogP contribution in [0.1, 0.15) is 11.1 Å². The van der Waals surface area contributed by atoms with Gasteiger partial charge in [0.15, 0.2) is 0 Å². The van der Waals surface area contributed by atoms with Crippen LogP contribution in [0.5, 0.6) is 0 Å². The number of nitrogens with zero attached hydrogens (tertiary/aromatic N) is 2. The summed E-state index contributed by atoms with van der Waals surface area (Å²) in [6.07, 6.45) is 1.72. The topological polar surface area (TPSA) is 42.1 Å². The molecule has 0 amide bonds. The first-order valence-electron chi connectivity index (χ1n) is 5.78. The zero-order chi connectivity index (χ0) is 13.8. The van der Waals surface area contributed by atoms with E-state index >= 15 is 0 Å². The summed E-state index contributed by atoms with van der Waals surface area (Å²) in [5.41, 5.74) is 7.67. The maximum absolute atomic E-state index is 5.64. The molecule has 0 aliphatic rings. The SMILES string of the molecule is CN(Cc1ccccc1Br)c1cc(C(N)=S)ccn1. The number of hydrogen-bond acceptors (Lipinski definition) is 3. The van der Waals surface area contributed by atoms with Crippen LogP contribution in [0.15, 0.2) is 47.1 Å². The number of rotatable bonds is 4. The number of nitrogens with two attached hydrogens (primary N) is 1. The van der Waals surface area contributed by atoms with E-state index in [1.54, 1.807) is 6.20 Å². The van der Waals surface area contributed by atoms with E-state index in [0.29, 0.717) is 4.99 Å². The molecular formula is C14H14BrN3S. The van der Waals surface area contributed by atoms with Crippen LogP contribution in [0.4, 0.5) is 5.82 Å². The first-order valence-corrected chi connectivity index (χ1v) is 6.98. The van der Waals surface area contributed by atoms with Gasteiger partial charge in [-0.1, -0.05) is 46.3 Å². The molecule has 1 heterocycles. The summed E-state index contributed by atoms with van der Waals surface area (Å²) in [6, 6.07) is 11.9. The molecule has 3 nitrogen and oxygen atoms in total. The number of aromatic nitrogens is 1. The number of thiocarbonyl (C=S) groups is 1. The number of hydrogen-bond donors (Lipinski definition) is 1. The highest BCUT2D eigenvalue weighted by molar-refractivity contribution is 9.10. The van der Waals surface area contributed by atoms with Crippen molar-refractivity contribution < 1.29 is 0 Å². The first kappa shape index (κ1) is 14.0. The van der Waals surface area contributed by atoms with E-state index in [4.69, 9.17) is 18.0 Å². The Labute approximate surface area is 126 Å². The zero-order valence-corrected chi connectivity index (χ0v) is 12.9. The van der Waals surface area contributed by atoms with Crippen molar-refractivity contribution in [2.24, 2.45) is 5.73 Å². The molecule has 98 valence electrons. The molecule has 1 aromatic heterocycles. The molecule has 0 unspecified atom stereocenters. The number of anilines is 1. The van der Waals surface area contributed by atoms with Crippen LogP contribution in [-0.2, 0) is 6.54 Å². The molecular weight excluding hydrogens is 322 g/mol. The van der Waals surface area contributed by atoms with Crippen LogP contribution >= 0.6 is 28.1 Å². The summed E-state index contributed by atoms with van der Waals surface area (Å²) in [6.45, 7) is 0.759. The maximum atomic E-state index is 5.64. The van der Waals surface area contributed by atoms with Gasteiger partial charge in [0.2, 0.25) is 0 Å². The average molecular weight is 336 g/mol. The zero-order valence-electron chi connectivity index (χ0n) is 10.5. The highest BCUT2D eigenvalue weighted by atomic mass is 79.9. The van der Waals surface area contributed by atoms with Crippen LogP contribution < -0.4 is 10.6 Å². The monoisotopic (exact) mass is 335 g/mol. The lowest BCUT2D eigenvalue weighted by molar-refractivity contribution is 0.894. The Balaban J connectivity index is 2.20. The van der Waals surface area contributed by atoms with Crippen molar-refractivity contribution in [1.29, 1.82) is 0 Å². The van der Waals surface area contributed by atoms with Gasteiger partial charge in [-0.2, -0.15) is 0 Å². The minimum atomic E-state index is 0.387. The van der Waals surface area contributed by atoms with Gasteiger partial charge in [0, 0.05) is 29.8 Å². The third kappa shape index (κ3) is 3.52. The highest BCUT2D eigenvalue weighted by Crippen LogP contribution is 2.20. The number of benzene rings is 1. The molecule has 2 aromatic rings. The fourth-order valence-corrected chi connectivity index (χ4v) is 2.28. The molecule has 0 bridgehead atoms. The maximum Gasteiger partial charge on any atom is 0.129 e. The summed E-state index contributed by atoms with van der Waals surface area (Å²) in [5, 5.41) is 0. The summed E-state index contributed by atoms with van der Waals surface area (Å²) < 4.78 is 1.09. The fourth-order valence-electron chi connectivity index (χ4n) is 1.74. The fraction of sp³-hybridized carbons (Fsp3) is 0.143. The van der Waals surface area contributed by atoms with Gasteiger partial charge in [0.25, 0.3) is 0 Å². The van der Waals surface area contributed by atoms with Crippen LogP contribution in [0.3, 0.4) is 0 Å². The van der Waals surface area contributed by atoms with Crippen molar-refractivity contribution in [2.75, 3.05) is 11.9 Å². The van der Waals surface area contributed by atoms with Crippen LogP contribution in [0, 0.1) is 0 Å². The molecule has 0 atom stereocenters. The van der Waals surface area contributed by atoms with E-state index in [2.05, 4.69) is 31.9 Å². The van der Waals surface area contributed by atoms with Crippen LogP contribution in [0.2, 0.25) is 0 Å². The van der Waals surface area contributed by atoms with Gasteiger partial charge in [-0.05, 0) is 23.8 Å². The highest BCUT2D eigenvalue weighted by Gasteiger charge is 2.07. The third-order valence-electron chi connectivity index (χ3n) is 2.79. The molecule has 0 saturated carbocycles. The lowest BCUT2D eigenvalue weighted by atomic mass is 10.2. The number of pyridine rings is 1. The van der Waals surface area contributed by atoms with Gasteiger partial charge in [0.05, 0.1) is 0 Å². The Bertz CT molecular complexity index is 601. The van der Waals surface area contributed by atoms with Crippen molar-refractivity contribution >= 4 is 39.0 Å². The summed E-state index contributed by atoms with van der Waals surface area (Å²) >= 11 is 8.53. The Kier molecular flexibility index (Phi) is 4.50. The van der Waals surface area contributed by atoms with Gasteiger partial charge >= 0.3 is 0 Å². The van der Waals surface area contributed by atoms with Crippen LogP contribution in [0.25, 0.3) is 0 Å². The lowest BCUT2D eigenvalue weighted by Crippen LogP contribution is -2.19. The van der Waals surface area contributed by atoms with Crippen molar-refractivity contribution in [1.82, 2.24) is 4.98 Å². The van der Waals surface area contributed by atoms with E-state index in [-0.39, 0.29) is 0 Å². The molecule has 19 heavy (non-hydrogen) atoms. The Morgan fingerprint density at radius 2 is 2.11 bits per heavy atom. The van der Waals surface area contributed by atoms with E-state index in [1.165, 1.54) is 5.56 Å². The summed E-state index contributed by atoms with van der Waals surface area (Å²) in [5.74, 6) is 0.848. The molecule has 2 N–H and O–H groups in total. The van der Waals surface area contributed by atoms with E-state index in [9.17, 15) is 0 Å². The molecule has 0 saturated heterocycles. The van der Waals surface area contributed by atoms with Gasteiger partial charge in [-0.15, -0.1) is 0 Å². The standard InChI is InChI=1S/C14H14BrN3S/c1-18(9-11-4-2-3-5-12(11)15)13-8-10(14(16)19)6-7-17-13/h2-8H,9H2,1H3,(H2,16,19). The lowest BCUT2D eigenvalue weighted by Gasteiger charge is -2.19. The van der Waals surface area contributed by atoms with Crippen LogP contribution in [-0.4, -0.2) is 17.0 Å². The first-order chi connectivity index (χ1) is 9.08. The second-order valence-electron chi connectivity index (χ2n) is 4.21. The molecule has 1 aromatic carbocycles. The smallest absolute Gasteiger partial charge is 0.129 e. The van der Waals surface area contributed by atoms with Gasteiger partial charge in [-0.25, -0.2) is 4.98 Å². The molecule has 0 fully saturated rings. The Hall–Kier alpha value is -1.46. The normalized spacial score (nSPS) is 10.2. The minimum Gasteiger partial charge on any atom is -0.389 e. The second-order valence-corrected chi connectivity index (χ2v) is 5.51. The predicted molar refractivity (Wildman–Crippen MR) is 86.4 cm³/mol. The molecule has 0 spiro atoms. The average Bonchev–Trinajstić information content (AvgIpc) is 2.41. The van der Waals surface area contributed by atoms with E-state index < -0.39 is 0 Å². The molecule has 5 heteroatoms. The Morgan fingerprint density at radius 1 is 1.37 bits per heavy atom. The minimum absolute atomic E-state index is 0.387. The van der Waals surface area contributed by atoms with Crippen molar-refractivity contribution in [3.63, 3.8) is 0 Å². The molecule has 0 aliphatic carbocycles. The van der Waals surface area contributed by atoms with E-state index in [0.717, 1.165) is 22.4 Å². The second kappa shape index (κ2) is 6.12. The van der Waals surface area contributed by atoms with Crippen molar-refractivity contribution in [3.8, 4) is 0 Å². The van der Waals surface area contributed by atoms with Gasteiger partial charge in [0.1, 0.15) is 10.8 Å². The largest absolute Gasteiger partial charge is 0.389 e. The predicted octanol–water partition coefficient (Wildman–Crippen LogP) is 3.11. The van der Waals surface area contributed by atoms with Gasteiger partial charge < -0.3 is 10.6 Å². The molecule has 2 rings (SSSR count). The van der Waals surface area contributed by atoms with E-state index in [1.807, 2.05) is 37.4 Å².